The first kappa shape index (κ1) is 23.7. The number of ether oxygens (including phenoxy) is 1. The lowest BCUT2D eigenvalue weighted by molar-refractivity contribution is -0.0713. The number of alkyl halides is 2. The van der Waals surface area contributed by atoms with E-state index in [9.17, 15) is 18.0 Å². The average molecular weight is 488 g/mol. The van der Waals surface area contributed by atoms with Crippen molar-refractivity contribution < 1.29 is 17.9 Å². The molecule has 0 spiro atoms. The second-order valence-electron chi connectivity index (χ2n) is 9.34. The van der Waals surface area contributed by atoms with Gasteiger partial charge in [0.2, 0.25) is 0 Å². The molecule has 10 heteroatoms. The molecular weight excluding hydrogens is 459 g/mol. The number of benzene rings is 1. The minimum atomic E-state index is -2.90. The van der Waals surface area contributed by atoms with Crippen molar-refractivity contribution in [2.24, 2.45) is 7.05 Å². The fourth-order valence-corrected chi connectivity index (χ4v) is 5.06. The molecule has 7 nitrogen and oxygen atoms in total. The molecule has 0 amide bonds. The summed E-state index contributed by atoms with van der Waals surface area (Å²) >= 11 is 0. The van der Waals surface area contributed by atoms with E-state index in [0.29, 0.717) is 28.5 Å². The van der Waals surface area contributed by atoms with E-state index in [2.05, 4.69) is 20.2 Å². The Morgan fingerprint density at radius 3 is 2.51 bits per heavy atom. The summed E-state index contributed by atoms with van der Waals surface area (Å²) in [4.78, 5) is 24.2. The van der Waals surface area contributed by atoms with Gasteiger partial charge in [-0.3, -0.25) is 14.3 Å². The number of halogens is 3. The van der Waals surface area contributed by atoms with Crippen molar-refractivity contribution in [3.8, 4) is 0 Å². The summed E-state index contributed by atoms with van der Waals surface area (Å²) in [6.07, 6.45) is 0.176. The third-order valence-corrected chi connectivity index (χ3v) is 7.25. The minimum absolute atomic E-state index is 0.0868. The van der Waals surface area contributed by atoms with E-state index in [1.165, 1.54) is 23.0 Å². The van der Waals surface area contributed by atoms with Crippen LogP contribution in [0.5, 0.6) is 0 Å². The van der Waals surface area contributed by atoms with E-state index < -0.39 is 23.8 Å². The number of nitrogens with one attached hydrogen (secondary N) is 1. The summed E-state index contributed by atoms with van der Waals surface area (Å²) in [5, 5.41) is 3.78. The van der Waals surface area contributed by atoms with Gasteiger partial charge in [-0.25, -0.2) is 23.1 Å². The first-order valence-electron chi connectivity index (χ1n) is 11.8. The van der Waals surface area contributed by atoms with Crippen molar-refractivity contribution in [3.05, 3.63) is 63.5 Å². The number of piperidine rings is 1. The van der Waals surface area contributed by atoms with Gasteiger partial charge in [-0.1, -0.05) is 18.2 Å². The highest BCUT2D eigenvalue weighted by molar-refractivity contribution is 5.87. The molecule has 0 aliphatic carbocycles. The van der Waals surface area contributed by atoms with E-state index in [1.807, 2.05) is 6.07 Å². The van der Waals surface area contributed by atoms with Crippen molar-refractivity contribution in [1.29, 1.82) is 0 Å². The van der Waals surface area contributed by atoms with Gasteiger partial charge >= 0.3 is 0 Å². The molecule has 186 valence electrons. The molecule has 2 saturated heterocycles. The van der Waals surface area contributed by atoms with Gasteiger partial charge in [0.25, 0.3) is 12.0 Å². The number of rotatable bonds is 6. The highest BCUT2D eigenvalue weighted by atomic mass is 19.3. The van der Waals surface area contributed by atoms with Crippen LogP contribution in [0.25, 0.3) is 11.0 Å². The van der Waals surface area contributed by atoms with Crippen LogP contribution in [-0.4, -0.2) is 51.8 Å². The number of hydrogen-bond donors (Lipinski definition) is 1. The highest BCUT2D eigenvalue weighted by Crippen LogP contribution is 2.33. The summed E-state index contributed by atoms with van der Waals surface area (Å²) in [6, 6.07) is 5.66. The predicted molar refractivity (Wildman–Crippen MR) is 126 cm³/mol. The van der Waals surface area contributed by atoms with Crippen molar-refractivity contribution >= 4 is 16.9 Å². The Kier molecular flexibility index (Phi) is 6.50. The number of fused-ring (bicyclic) bond motifs is 1. The third kappa shape index (κ3) is 4.40. The first-order valence-corrected chi connectivity index (χ1v) is 11.8. The van der Waals surface area contributed by atoms with Gasteiger partial charge in [-0.05, 0) is 44.8 Å². The molecule has 4 heterocycles. The Morgan fingerprint density at radius 1 is 1.14 bits per heavy atom. The highest BCUT2D eigenvalue weighted by Gasteiger charge is 2.31. The predicted octanol–water partition coefficient (Wildman–Crippen LogP) is 4.16. The molecule has 3 aromatic rings. The second kappa shape index (κ2) is 9.58. The smallest absolute Gasteiger partial charge is 0.266 e. The zero-order valence-corrected chi connectivity index (χ0v) is 19.7. The van der Waals surface area contributed by atoms with Crippen LogP contribution in [0.3, 0.4) is 0 Å². The minimum Gasteiger partial charge on any atom is -0.378 e. The largest absolute Gasteiger partial charge is 0.378 e. The van der Waals surface area contributed by atoms with Crippen molar-refractivity contribution in [2.75, 3.05) is 31.6 Å². The zero-order valence-electron chi connectivity index (χ0n) is 19.7. The molecule has 0 radical (unpaired) electrons. The molecule has 1 aromatic carbocycles. The van der Waals surface area contributed by atoms with E-state index >= 15 is 0 Å². The van der Waals surface area contributed by atoms with E-state index in [-0.39, 0.29) is 17.0 Å². The van der Waals surface area contributed by atoms with Gasteiger partial charge in [0.15, 0.2) is 0 Å². The number of aromatic nitrogens is 3. The van der Waals surface area contributed by atoms with Gasteiger partial charge in [0.1, 0.15) is 23.6 Å². The van der Waals surface area contributed by atoms with Crippen LogP contribution in [0, 0.1) is 5.82 Å². The Morgan fingerprint density at radius 2 is 1.86 bits per heavy atom. The molecule has 5 rings (SSSR count). The van der Waals surface area contributed by atoms with E-state index in [4.69, 9.17) is 4.74 Å². The Labute approximate surface area is 200 Å². The fraction of sp³-hybridized carbons (Fsp3) is 0.480. The number of likely N-dealkylation sites (tertiary alicyclic amines) is 1. The molecule has 1 N–H and O–H groups in total. The van der Waals surface area contributed by atoms with Gasteiger partial charge in [0, 0.05) is 18.2 Å². The lowest BCUT2D eigenvalue weighted by Crippen LogP contribution is -2.51. The lowest BCUT2D eigenvalue weighted by atomic mass is 9.89. The van der Waals surface area contributed by atoms with Crippen LogP contribution >= 0.6 is 0 Å². The van der Waals surface area contributed by atoms with Crippen LogP contribution in [0.2, 0.25) is 0 Å². The van der Waals surface area contributed by atoms with Gasteiger partial charge in [-0.2, -0.15) is 0 Å². The maximum atomic E-state index is 14.7. The van der Waals surface area contributed by atoms with Crippen molar-refractivity contribution in [1.82, 2.24) is 19.4 Å². The normalized spacial score (nSPS) is 18.7. The van der Waals surface area contributed by atoms with Gasteiger partial charge < -0.3 is 10.1 Å². The molecule has 35 heavy (non-hydrogen) atoms. The number of nitrogens with zero attached hydrogens (tertiary/aromatic N) is 4. The van der Waals surface area contributed by atoms with Crippen LogP contribution in [0.4, 0.5) is 19.0 Å². The lowest BCUT2D eigenvalue weighted by Gasteiger charge is -2.41. The monoisotopic (exact) mass is 487 g/mol. The van der Waals surface area contributed by atoms with E-state index in [1.54, 1.807) is 14.0 Å². The number of aryl methyl sites for hydroxylation is 1. The SMILES string of the molecule is C[C@@H](Nc1ncnc2c1cc(C1CCN(C3COC3)CC1)c(=O)n2C)c1cccc(C(F)F)c1F. The van der Waals surface area contributed by atoms with Crippen molar-refractivity contribution in [3.63, 3.8) is 0 Å². The Balaban J connectivity index is 1.45. The van der Waals surface area contributed by atoms with E-state index in [0.717, 1.165) is 45.2 Å². The molecule has 0 unspecified atom stereocenters. The Bertz CT molecular complexity index is 1290. The molecule has 2 aliphatic rings. The van der Waals surface area contributed by atoms with Gasteiger partial charge in [0.05, 0.1) is 36.2 Å². The van der Waals surface area contributed by atoms with Crippen LogP contribution < -0.4 is 10.9 Å². The summed E-state index contributed by atoms with van der Waals surface area (Å²) in [5.41, 5.74) is 0.562. The molecule has 2 aliphatic heterocycles. The summed E-state index contributed by atoms with van der Waals surface area (Å²) in [7, 11) is 1.68. The molecule has 1 atom stereocenters. The maximum Gasteiger partial charge on any atom is 0.266 e. The number of pyridine rings is 1. The fourth-order valence-electron chi connectivity index (χ4n) is 5.06. The Hall–Kier alpha value is -2.98. The molecule has 2 aromatic heterocycles. The summed E-state index contributed by atoms with van der Waals surface area (Å²) in [5.74, 6) is -0.399. The molecular formula is C25H28F3N5O2. The third-order valence-electron chi connectivity index (χ3n) is 7.25. The average Bonchev–Trinajstić information content (AvgIpc) is 2.81. The maximum absolute atomic E-state index is 14.7. The van der Waals surface area contributed by atoms with Crippen LogP contribution in [0.1, 0.15) is 54.8 Å². The molecule has 2 fully saturated rings. The number of anilines is 1. The standard InChI is InChI=1S/C25H28F3N5O2/c1-14(17-4-3-5-18(21(17)26)22(27)28)31-23-20-10-19(25(34)32(2)24(20)30-13-29-23)15-6-8-33(9-7-15)16-11-35-12-16/h3-5,10,13-16,22H,6-9,11-12H2,1-2H3,(H,29,30,31)/t14-/m1/s1. The second-order valence-corrected chi connectivity index (χ2v) is 9.34. The topological polar surface area (TPSA) is 72.3 Å². The summed E-state index contributed by atoms with van der Waals surface area (Å²) in [6.45, 7) is 5.05. The first-order chi connectivity index (χ1) is 16.8. The van der Waals surface area contributed by atoms with Crippen LogP contribution in [0.15, 0.2) is 35.4 Å². The van der Waals surface area contributed by atoms with Gasteiger partial charge in [-0.15, -0.1) is 0 Å². The number of hydrogen-bond acceptors (Lipinski definition) is 6. The van der Waals surface area contributed by atoms with Crippen molar-refractivity contribution in [2.45, 2.75) is 44.2 Å². The zero-order chi connectivity index (χ0) is 24.7. The quantitative estimate of drug-likeness (QED) is 0.563. The molecule has 0 saturated carbocycles. The molecule has 0 bridgehead atoms. The summed E-state index contributed by atoms with van der Waals surface area (Å²) < 4.78 is 47.9. The van der Waals surface area contributed by atoms with Crippen LogP contribution in [-0.2, 0) is 11.8 Å².